The number of furan rings is 1. The van der Waals surface area contributed by atoms with E-state index in [-0.39, 0.29) is 5.92 Å². The summed E-state index contributed by atoms with van der Waals surface area (Å²) >= 11 is 0. The summed E-state index contributed by atoms with van der Waals surface area (Å²) in [4.78, 5) is 13.7. The molecule has 1 aromatic heterocycles. The van der Waals surface area contributed by atoms with Gasteiger partial charge in [0, 0.05) is 5.56 Å². The van der Waals surface area contributed by atoms with E-state index in [0.29, 0.717) is 0 Å². The third-order valence-corrected chi connectivity index (χ3v) is 4.62. The summed E-state index contributed by atoms with van der Waals surface area (Å²) in [7, 11) is 1.31. The molecule has 1 aliphatic rings. The molecule has 24 heavy (non-hydrogen) atoms. The molecule has 3 rings (SSSR count). The van der Waals surface area contributed by atoms with Crippen LogP contribution in [-0.4, -0.2) is 42.3 Å². The van der Waals surface area contributed by atoms with Crippen LogP contribution in [0.5, 0.6) is 0 Å². The number of hydrogen-bond donors (Lipinski definition) is 1. The second-order valence-corrected chi connectivity index (χ2v) is 6.21. The Morgan fingerprint density at radius 1 is 1.25 bits per heavy atom. The van der Waals surface area contributed by atoms with Crippen LogP contribution in [0, 0.1) is 5.92 Å². The van der Waals surface area contributed by atoms with Gasteiger partial charge < -0.3 is 14.3 Å². The average Bonchev–Trinajstić information content (AvgIpc) is 3.10. The number of carbonyl (C=O) groups is 1. The number of methoxy groups -OCH3 is 1. The van der Waals surface area contributed by atoms with Crippen molar-refractivity contribution in [2.45, 2.75) is 25.5 Å². The summed E-state index contributed by atoms with van der Waals surface area (Å²) in [6.45, 7) is 2.41. The molecule has 5 heteroatoms. The first-order chi connectivity index (χ1) is 11.7. The van der Waals surface area contributed by atoms with E-state index in [1.807, 2.05) is 42.5 Å². The van der Waals surface area contributed by atoms with Gasteiger partial charge in [0.2, 0.25) is 0 Å². The molecule has 0 aliphatic carbocycles. The van der Waals surface area contributed by atoms with Crippen molar-refractivity contribution in [1.29, 1.82) is 0 Å². The Balaban J connectivity index is 1.54. The number of ether oxygens (including phenoxy) is 1. The van der Waals surface area contributed by atoms with Crippen LogP contribution in [0.1, 0.15) is 18.6 Å². The largest absolute Gasteiger partial charge is 0.467 e. The lowest BCUT2D eigenvalue weighted by atomic mass is 9.91. The predicted molar refractivity (Wildman–Crippen MR) is 90.2 cm³/mol. The number of aliphatic hydroxyl groups is 1. The number of nitrogens with zero attached hydrogens (tertiary/aromatic N) is 1. The van der Waals surface area contributed by atoms with Crippen molar-refractivity contribution in [1.82, 2.24) is 4.90 Å². The maximum Gasteiger partial charge on any atom is 0.334 e. The van der Waals surface area contributed by atoms with Crippen LogP contribution >= 0.6 is 0 Å². The molecule has 2 heterocycles. The number of carbonyl (C=O) groups excluding carboxylic acids is 1. The smallest absolute Gasteiger partial charge is 0.334 e. The molecular weight excluding hydrogens is 306 g/mol. The van der Waals surface area contributed by atoms with E-state index in [9.17, 15) is 9.90 Å². The van der Waals surface area contributed by atoms with Crippen molar-refractivity contribution in [3.63, 3.8) is 0 Å². The van der Waals surface area contributed by atoms with Crippen molar-refractivity contribution >= 4 is 5.97 Å². The van der Waals surface area contributed by atoms with Gasteiger partial charge in [0.25, 0.3) is 0 Å². The van der Waals surface area contributed by atoms with Crippen LogP contribution in [0.15, 0.2) is 46.9 Å². The number of hydrogen-bond acceptors (Lipinski definition) is 5. The van der Waals surface area contributed by atoms with Crippen LogP contribution in [0.4, 0.5) is 0 Å². The third kappa shape index (κ3) is 3.86. The van der Waals surface area contributed by atoms with Crippen LogP contribution < -0.4 is 0 Å². The summed E-state index contributed by atoms with van der Waals surface area (Å²) in [5.41, 5.74) is 1.07. The highest BCUT2D eigenvalue weighted by Gasteiger charge is 2.30. The van der Waals surface area contributed by atoms with E-state index < -0.39 is 12.1 Å². The quantitative estimate of drug-likeness (QED) is 0.855. The van der Waals surface area contributed by atoms with Gasteiger partial charge in [-0.3, -0.25) is 4.90 Å². The SMILES string of the molecule is COC(=O)C(O)C1CCN(Cc2ccc(-c3ccccc3)o2)CC1. The van der Waals surface area contributed by atoms with Gasteiger partial charge in [-0.2, -0.15) is 0 Å². The second kappa shape index (κ2) is 7.64. The lowest BCUT2D eigenvalue weighted by molar-refractivity contribution is -0.154. The van der Waals surface area contributed by atoms with Crippen LogP contribution in [0.3, 0.4) is 0 Å². The summed E-state index contributed by atoms with van der Waals surface area (Å²) in [5, 5.41) is 9.94. The molecular formula is C19H23NO4. The molecule has 128 valence electrons. The van der Waals surface area contributed by atoms with Gasteiger partial charge in [0.05, 0.1) is 13.7 Å². The van der Waals surface area contributed by atoms with Gasteiger partial charge in [-0.15, -0.1) is 0 Å². The Morgan fingerprint density at radius 3 is 2.62 bits per heavy atom. The molecule has 1 aliphatic heterocycles. The standard InChI is InChI=1S/C19H23NO4/c1-23-19(22)18(21)15-9-11-20(12-10-15)13-16-7-8-17(24-16)14-5-3-2-4-6-14/h2-8,15,18,21H,9-13H2,1H3. The Hall–Kier alpha value is -2.11. The fourth-order valence-corrected chi connectivity index (χ4v) is 3.18. The Labute approximate surface area is 141 Å². The third-order valence-electron chi connectivity index (χ3n) is 4.62. The number of esters is 1. The fourth-order valence-electron chi connectivity index (χ4n) is 3.18. The van der Waals surface area contributed by atoms with Crippen molar-refractivity contribution < 1.29 is 19.1 Å². The molecule has 1 atom stereocenters. The second-order valence-electron chi connectivity index (χ2n) is 6.21. The van der Waals surface area contributed by atoms with E-state index in [4.69, 9.17) is 4.42 Å². The molecule has 0 spiro atoms. The highest BCUT2D eigenvalue weighted by Crippen LogP contribution is 2.25. The predicted octanol–water partition coefficient (Wildman–Crippen LogP) is 2.69. The van der Waals surface area contributed by atoms with Crippen molar-refractivity contribution in [2.24, 2.45) is 5.92 Å². The molecule has 0 radical (unpaired) electrons. The summed E-state index contributed by atoms with van der Waals surface area (Å²) in [5.74, 6) is 1.25. The van der Waals surface area contributed by atoms with Gasteiger partial charge in [-0.05, 0) is 44.0 Å². The van der Waals surface area contributed by atoms with Gasteiger partial charge >= 0.3 is 5.97 Å². The molecule has 5 nitrogen and oxygen atoms in total. The summed E-state index contributed by atoms with van der Waals surface area (Å²) < 4.78 is 10.6. The van der Waals surface area contributed by atoms with Gasteiger partial charge in [0.15, 0.2) is 6.10 Å². The van der Waals surface area contributed by atoms with Gasteiger partial charge in [-0.1, -0.05) is 30.3 Å². The van der Waals surface area contributed by atoms with E-state index >= 15 is 0 Å². The minimum atomic E-state index is -1.01. The highest BCUT2D eigenvalue weighted by molar-refractivity contribution is 5.74. The van der Waals surface area contributed by atoms with E-state index in [0.717, 1.165) is 49.6 Å². The molecule has 2 aromatic rings. The topological polar surface area (TPSA) is 62.9 Å². The average molecular weight is 329 g/mol. The maximum absolute atomic E-state index is 11.4. The van der Waals surface area contributed by atoms with Crippen LogP contribution in [0.2, 0.25) is 0 Å². The monoisotopic (exact) mass is 329 g/mol. The van der Waals surface area contributed by atoms with E-state index in [1.165, 1.54) is 7.11 Å². The maximum atomic E-state index is 11.4. The fraction of sp³-hybridized carbons (Fsp3) is 0.421. The first-order valence-electron chi connectivity index (χ1n) is 8.30. The van der Waals surface area contributed by atoms with Crippen LogP contribution in [-0.2, 0) is 16.1 Å². The van der Waals surface area contributed by atoms with Gasteiger partial charge in [-0.25, -0.2) is 4.79 Å². The van der Waals surface area contributed by atoms with Crippen molar-refractivity contribution in [2.75, 3.05) is 20.2 Å². The lowest BCUT2D eigenvalue weighted by Crippen LogP contribution is -2.40. The molecule has 1 fully saturated rings. The molecule has 0 amide bonds. The summed E-state index contributed by atoms with van der Waals surface area (Å²) in [6, 6.07) is 14.0. The lowest BCUT2D eigenvalue weighted by Gasteiger charge is -2.32. The number of piperidine rings is 1. The normalized spacial score (nSPS) is 17.6. The van der Waals surface area contributed by atoms with Crippen LogP contribution in [0.25, 0.3) is 11.3 Å². The van der Waals surface area contributed by atoms with Gasteiger partial charge in [0.1, 0.15) is 11.5 Å². The zero-order valence-electron chi connectivity index (χ0n) is 13.9. The highest BCUT2D eigenvalue weighted by atomic mass is 16.5. The zero-order valence-corrected chi connectivity index (χ0v) is 13.9. The first kappa shape index (κ1) is 16.7. The van der Waals surface area contributed by atoms with E-state index in [2.05, 4.69) is 9.64 Å². The number of benzene rings is 1. The number of aliphatic hydroxyl groups excluding tert-OH is 1. The molecule has 1 unspecified atom stereocenters. The molecule has 1 aromatic carbocycles. The Kier molecular flexibility index (Phi) is 5.33. The minimum Gasteiger partial charge on any atom is -0.467 e. The molecule has 1 N–H and O–H groups in total. The van der Waals surface area contributed by atoms with E-state index in [1.54, 1.807) is 0 Å². The minimum absolute atomic E-state index is 0.0230. The Morgan fingerprint density at radius 2 is 1.96 bits per heavy atom. The number of likely N-dealkylation sites (tertiary alicyclic amines) is 1. The number of rotatable bonds is 5. The van der Waals surface area contributed by atoms with Crippen molar-refractivity contribution in [3.05, 3.63) is 48.2 Å². The van der Waals surface area contributed by atoms with Crippen molar-refractivity contribution in [3.8, 4) is 11.3 Å². The molecule has 1 saturated heterocycles. The molecule has 0 saturated carbocycles. The Bertz CT molecular complexity index is 659. The summed E-state index contributed by atoms with van der Waals surface area (Å²) in [6.07, 6.45) is 0.552. The zero-order chi connectivity index (χ0) is 16.9. The molecule has 0 bridgehead atoms. The first-order valence-corrected chi connectivity index (χ1v) is 8.30.